The molecule has 0 fully saturated rings. The second kappa shape index (κ2) is 6.50. The summed E-state index contributed by atoms with van der Waals surface area (Å²) in [5, 5.41) is 0. The number of benzene rings is 3. The van der Waals surface area contributed by atoms with Crippen molar-refractivity contribution >= 4 is 23.2 Å². The standard InChI is InChI=1S/C21H17N3/c1-3-9-17(10-4-1)15-22-21-23-19-13-7-8-14-20(19)24(21)16-18-11-5-2-6-12-18/h1-15H,16H2/b22-15+. The van der Waals surface area contributed by atoms with Gasteiger partial charge in [0.1, 0.15) is 0 Å². The molecule has 0 aliphatic heterocycles. The van der Waals surface area contributed by atoms with Gasteiger partial charge in [-0.3, -0.25) is 0 Å². The summed E-state index contributed by atoms with van der Waals surface area (Å²) in [7, 11) is 0. The molecule has 0 aliphatic carbocycles. The highest BCUT2D eigenvalue weighted by molar-refractivity contribution is 5.83. The van der Waals surface area contributed by atoms with Gasteiger partial charge < -0.3 is 4.57 Å². The molecule has 0 bridgehead atoms. The molecule has 0 radical (unpaired) electrons. The smallest absolute Gasteiger partial charge is 0.230 e. The van der Waals surface area contributed by atoms with Crippen molar-refractivity contribution in [3.63, 3.8) is 0 Å². The number of nitrogens with zero attached hydrogens (tertiary/aromatic N) is 3. The quantitative estimate of drug-likeness (QED) is 0.496. The van der Waals surface area contributed by atoms with E-state index >= 15 is 0 Å². The van der Waals surface area contributed by atoms with Gasteiger partial charge in [0.25, 0.3) is 0 Å². The molecule has 0 saturated heterocycles. The highest BCUT2D eigenvalue weighted by Crippen LogP contribution is 2.23. The number of imidazole rings is 1. The average molecular weight is 311 g/mol. The van der Waals surface area contributed by atoms with Crippen LogP contribution in [0.3, 0.4) is 0 Å². The molecular formula is C21H17N3. The van der Waals surface area contributed by atoms with Crippen molar-refractivity contribution < 1.29 is 0 Å². The normalized spacial score (nSPS) is 11.3. The monoisotopic (exact) mass is 311 g/mol. The zero-order valence-corrected chi connectivity index (χ0v) is 13.2. The van der Waals surface area contributed by atoms with E-state index in [-0.39, 0.29) is 0 Å². The Hall–Kier alpha value is -3.20. The minimum atomic E-state index is 0.726. The first kappa shape index (κ1) is 14.4. The van der Waals surface area contributed by atoms with Crippen molar-refractivity contribution in [2.24, 2.45) is 4.99 Å². The lowest BCUT2D eigenvalue weighted by Crippen LogP contribution is -1.99. The van der Waals surface area contributed by atoms with Crippen LogP contribution in [0.2, 0.25) is 0 Å². The molecule has 3 nitrogen and oxygen atoms in total. The number of rotatable bonds is 4. The summed E-state index contributed by atoms with van der Waals surface area (Å²) < 4.78 is 2.16. The predicted octanol–water partition coefficient (Wildman–Crippen LogP) is 4.84. The lowest BCUT2D eigenvalue weighted by molar-refractivity contribution is 0.827. The van der Waals surface area contributed by atoms with Crippen LogP contribution in [0.5, 0.6) is 0 Å². The Bertz CT molecular complexity index is 970. The molecule has 4 rings (SSSR count). The molecule has 0 amide bonds. The number of para-hydroxylation sites is 2. The second-order valence-electron chi connectivity index (χ2n) is 5.64. The van der Waals surface area contributed by atoms with E-state index in [0.717, 1.165) is 29.1 Å². The SMILES string of the molecule is C(=N\c1nc2ccccc2n1Cc1ccccc1)/c1ccccc1. The summed E-state index contributed by atoms with van der Waals surface area (Å²) in [6.45, 7) is 0.753. The van der Waals surface area contributed by atoms with Crippen LogP contribution in [0.4, 0.5) is 5.95 Å². The van der Waals surface area contributed by atoms with Crippen molar-refractivity contribution in [3.8, 4) is 0 Å². The highest BCUT2D eigenvalue weighted by Gasteiger charge is 2.09. The van der Waals surface area contributed by atoms with Crippen molar-refractivity contribution in [3.05, 3.63) is 96.1 Å². The first-order valence-corrected chi connectivity index (χ1v) is 7.98. The molecule has 0 unspecified atom stereocenters. The maximum atomic E-state index is 4.69. The number of aromatic nitrogens is 2. The van der Waals surface area contributed by atoms with Gasteiger partial charge in [-0.1, -0.05) is 72.8 Å². The van der Waals surface area contributed by atoms with Crippen LogP contribution in [0, 0.1) is 0 Å². The molecule has 0 saturated carbocycles. The van der Waals surface area contributed by atoms with Crippen molar-refractivity contribution in [2.75, 3.05) is 0 Å². The maximum absolute atomic E-state index is 4.69. The maximum Gasteiger partial charge on any atom is 0.230 e. The fourth-order valence-electron chi connectivity index (χ4n) is 2.75. The van der Waals surface area contributed by atoms with Gasteiger partial charge in [-0.25, -0.2) is 9.98 Å². The Morgan fingerprint density at radius 3 is 2.25 bits per heavy atom. The Kier molecular flexibility index (Phi) is 3.90. The van der Waals surface area contributed by atoms with Crippen LogP contribution in [-0.4, -0.2) is 15.8 Å². The van der Waals surface area contributed by atoms with Gasteiger partial charge in [-0.05, 0) is 23.3 Å². The Morgan fingerprint density at radius 1 is 0.792 bits per heavy atom. The Morgan fingerprint density at radius 2 is 1.46 bits per heavy atom. The number of hydrogen-bond acceptors (Lipinski definition) is 2. The zero-order valence-electron chi connectivity index (χ0n) is 13.2. The third-order valence-corrected chi connectivity index (χ3v) is 3.95. The van der Waals surface area contributed by atoms with Crippen molar-refractivity contribution in [1.29, 1.82) is 0 Å². The summed E-state index contributed by atoms with van der Waals surface area (Å²) in [4.78, 5) is 9.33. The first-order valence-electron chi connectivity index (χ1n) is 7.98. The van der Waals surface area contributed by atoms with Crippen LogP contribution < -0.4 is 0 Å². The molecule has 1 aromatic heterocycles. The van der Waals surface area contributed by atoms with Gasteiger partial charge in [0.2, 0.25) is 5.95 Å². The van der Waals surface area contributed by atoms with E-state index < -0.39 is 0 Å². The van der Waals surface area contributed by atoms with Crippen LogP contribution >= 0.6 is 0 Å². The van der Waals surface area contributed by atoms with E-state index in [1.54, 1.807) is 0 Å². The minimum Gasteiger partial charge on any atom is -0.304 e. The van der Waals surface area contributed by atoms with Crippen LogP contribution in [0.25, 0.3) is 11.0 Å². The second-order valence-corrected chi connectivity index (χ2v) is 5.64. The van der Waals surface area contributed by atoms with Crippen molar-refractivity contribution in [1.82, 2.24) is 9.55 Å². The number of aliphatic imine (C=N–C) groups is 1. The Labute approximate surface area is 140 Å². The zero-order chi connectivity index (χ0) is 16.2. The topological polar surface area (TPSA) is 30.2 Å². The fourth-order valence-corrected chi connectivity index (χ4v) is 2.75. The van der Waals surface area contributed by atoms with Gasteiger partial charge in [-0.2, -0.15) is 0 Å². The summed E-state index contributed by atoms with van der Waals surface area (Å²) in [6, 6.07) is 28.6. The predicted molar refractivity (Wildman–Crippen MR) is 99.0 cm³/mol. The van der Waals surface area contributed by atoms with E-state index in [2.05, 4.69) is 44.9 Å². The molecule has 116 valence electrons. The molecule has 4 aromatic rings. The molecule has 0 atom stereocenters. The van der Waals surface area contributed by atoms with Crippen LogP contribution in [0.1, 0.15) is 11.1 Å². The molecule has 0 N–H and O–H groups in total. The minimum absolute atomic E-state index is 0.726. The van der Waals surface area contributed by atoms with E-state index in [1.165, 1.54) is 5.56 Å². The third-order valence-electron chi connectivity index (χ3n) is 3.95. The fraction of sp³-hybridized carbons (Fsp3) is 0.0476. The molecule has 0 aliphatic rings. The van der Waals surface area contributed by atoms with E-state index in [4.69, 9.17) is 0 Å². The van der Waals surface area contributed by atoms with Gasteiger partial charge in [0.15, 0.2) is 0 Å². The van der Waals surface area contributed by atoms with Crippen LogP contribution in [0.15, 0.2) is 89.9 Å². The average Bonchev–Trinajstić information content (AvgIpc) is 2.99. The highest BCUT2D eigenvalue weighted by atomic mass is 15.2. The first-order chi connectivity index (χ1) is 11.9. The molecule has 3 heteroatoms. The molecule has 24 heavy (non-hydrogen) atoms. The van der Waals surface area contributed by atoms with Crippen LogP contribution in [-0.2, 0) is 6.54 Å². The van der Waals surface area contributed by atoms with Gasteiger partial charge >= 0.3 is 0 Å². The molecule has 3 aromatic carbocycles. The lowest BCUT2D eigenvalue weighted by atomic mass is 10.2. The van der Waals surface area contributed by atoms with Crippen molar-refractivity contribution in [2.45, 2.75) is 6.54 Å². The summed E-state index contributed by atoms with van der Waals surface area (Å²) in [6.07, 6.45) is 1.86. The largest absolute Gasteiger partial charge is 0.304 e. The van der Waals surface area contributed by atoms with Gasteiger partial charge in [0, 0.05) is 6.21 Å². The van der Waals surface area contributed by atoms with E-state index in [0.29, 0.717) is 0 Å². The van der Waals surface area contributed by atoms with E-state index in [9.17, 15) is 0 Å². The number of fused-ring (bicyclic) bond motifs is 1. The summed E-state index contributed by atoms with van der Waals surface area (Å²) >= 11 is 0. The molecule has 1 heterocycles. The molecular weight excluding hydrogens is 294 g/mol. The number of hydrogen-bond donors (Lipinski definition) is 0. The third kappa shape index (κ3) is 2.97. The lowest BCUT2D eigenvalue weighted by Gasteiger charge is -2.06. The van der Waals surface area contributed by atoms with Gasteiger partial charge in [-0.15, -0.1) is 0 Å². The summed E-state index contributed by atoms with van der Waals surface area (Å²) in [5.74, 6) is 0.726. The van der Waals surface area contributed by atoms with E-state index in [1.807, 2.05) is 60.8 Å². The Balaban J connectivity index is 1.77. The molecule has 0 spiro atoms. The van der Waals surface area contributed by atoms with Gasteiger partial charge in [0.05, 0.1) is 17.6 Å². The summed E-state index contributed by atoms with van der Waals surface area (Å²) in [5.41, 5.74) is 4.36.